The van der Waals surface area contributed by atoms with Gasteiger partial charge < -0.3 is 5.32 Å². The van der Waals surface area contributed by atoms with Crippen molar-refractivity contribution in [2.45, 2.75) is 20.3 Å². The SMILES string of the molecule is CCC(=O)Nc1ccc(C(=O)N/N=C\[C@@H]2C(=O)NC(=O)N(c3ccccc3C)C2=O)cc1. The summed E-state index contributed by atoms with van der Waals surface area (Å²) < 4.78 is 0. The van der Waals surface area contributed by atoms with E-state index in [1.165, 1.54) is 12.1 Å². The molecule has 0 unspecified atom stereocenters. The van der Waals surface area contributed by atoms with Crippen molar-refractivity contribution < 1.29 is 24.0 Å². The van der Waals surface area contributed by atoms with Gasteiger partial charge in [0.1, 0.15) is 0 Å². The van der Waals surface area contributed by atoms with Crippen molar-refractivity contribution in [3.05, 3.63) is 59.7 Å². The monoisotopic (exact) mass is 435 g/mol. The van der Waals surface area contributed by atoms with Crippen LogP contribution in [0.2, 0.25) is 0 Å². The number of rotatable bonds is 6. The molecule has 1 atom stereocenters. The van der Waals surface area contributed by atoms with Crippen LogP contribution in [0.4, 0.5) is 16.2 Å². The number of hydrogen-bond donors (Lipinski definition) is 3. The molecule has 3 N–H and O–H groups in total. The Hall–Kier alpha value is -4.34. The zero-order valence-electron chi connectivity index (χ0n) is 17.4. The van der Waals surface area contributed by atoms with Crippen LogP contribution in [0.3, 0.4) is 0 Å². The highest BCUT2D eigenvalue weighted by Gasteiger charge is 2.40. The molecule has 1 aliphatic heterocycles. The number of carbonyl (C=O) groups excluding carboxylic acids is 5. The Balaban J connectivity index is 1.68. The van der Waals surface area contributed by atoms with Crippen molar-refractivity contribution in [1.29, 1.82) is 0 Å². The third kappa shape index (κ3) is 4.86. The highest BCUT2D eigenvalue weighted by molar-refractivity contribution is 6.32. The molecular formula is C22H21N5O5. The van der Waals surface area contributed by atoms with Crippen molar-refractivity contribution in [1.82, 2.24) is 10.7 Å². The highest BCUT2D eigenvalue weighted by atomic mass is 16.2. The van der Waals surface area contributed by atoms with Crippen LogP contribution in [0.5, 0.6) is 0 Å². The molecule has 32 heavy (non-hydrogen) atoms. The molecule has 0 saturated carbocycles. The van der Waals surface area contributed by atoms with Crippen LogP contribution >= 0.6 is 0 Å². The summed E-state index contributed by atoms with van der Waals surface area (Å²) >= 11 is 0. The lowest BCUT2D eigenvalue weighted by molar-refractivity contribution is -0.131. The number of nitrogens with zero attached hydrogens (tertiary/aromatic N) is 2. The van der Waals surface area contributed by atoms with E-state index in [2.05, 4.69) is 21.2 Å². The maximum absolute atomic E-state index is 12.8. The normalized spacial score (nSPS) is 16.1. The van der Waals surface area contributed by atoms with E-state index in [4.69, 9.17) is 0 Å². The minimum atomic E-state index is -1.39. The van der Waals surface area contributed by atoms with Gasteiger partial charge in [-0.15, -0.1) is 0 Å². The molecule has 1 aliphatic rings. The summed E-state index contributed by atoms with van der Waals surface area (Å²) in [5, 5.41) is 8.50. The zero-order valence-corrected chi connectivity index (χ0v) is 17.4. The molecule has 0 bridgehead atoms. The number of para-hydroxylation sites is 1. The van der Waals surface area contributed by atoms with Gasteiger partial charge in [0.2, 0.25) is 11.8 Å². The molecule has 1 heterocycles. The van der Waals surface area contributed by atoms with Crippen molar-refractivity contribution in [3.8, 4) is 0 Å². The number of urea groups is 1. The Kier molecular flexibility index (Phi) is 6.74. The number of hydrazone groups is 1. The fraction of sp³-hybridized carbons (Fsp3) is 0.182. The van der Waals surface area contributed by atoms with Crippen molar-refractivity contribution in [2.75, 3.05) is 10.2 Å². The van der Waals surface area contributed by atoms with Crippen LogP contribution in [0, 0.1) is 12.8 Å². The van der Waals surface area contributed by atoms with Crippen molar-refractivity contribution >= 4 is 47.2 Å². The summed E-state index contributed by atoms with van der Waals surface area (Å²) in [4.78, 5) is 61.7. The number of hydrogen-bond acceptors (Lipinski definition) is 6. The molecule has 164 valence electrons. The Labute approximate surface area is 183 Å². The molecule has 6 amide bonds. The average molecular weight is 435 g/mol. The van der Waals surface area contributed by atoms with Crippen LogP contribution in [-0.4, -0.2) is 35.9 Å². The third-order valence-electron chi connectivity index (χ3n) is 4.70. The molecule has 3 rings (SSSR count). The lowest BCUT2D eigenvalue weighted by atomic mass is 10.0. The molecule has 2 aromatic rings. The van der Waals surface area contributed by atoms with Crippen LogP contribution in [0.1, 0.15) is 29.3 Å². The summed E-state index contributed by atoms with van der Waals surface area (Å²) in [6.45, 7) is 3.46. The fourth-order valence-electron chi connectivity index (χ4n) is 2.95. The fourth-order valence-corrected chi connectivity index (χ4v) is 2.95. The molecule has 1 saturated heterocycles. The van der Waals surface area contributed by atoms with E-state index in [0.29, 0.717) is 23.4 Å². The topological polar surface area (TPSA) is 137 Å². The second-order valence-corrected chi connectivity index (χ2v) is 6.93. The third-order valence-corrected chi connectivity index (χ3v) is 4.70. The highest BCUT2D eigenvalue weighted by Crippen LogP contribution is 2.23. The second-order valence-electron chi connectivity index (χ2n) is 6.93. The van der Waals surface area contributed by atoms with Gasteiger partial charge in [-0.2, -0.15) is 5.10 Å². The van der Waals surface area contributed by atoms with Crippen molar-refractivity contribution in [3.63, 3.8) is 0 Å². The van der Waals surface area contributed by atoms with Gasteiger partial charge in [0.05, 0.1) is 5.69 Å². The Morgan fingerprint density at radius 2 is 1.78 bits per heavy atom. The molecule has 1 fully saturated rings. The molecule has 0 aromatic heterocycles. The van der Waals surface area contributed by atoms with Gasteiger partial charge in [0.25, 0.3) is 11.8 Å². The Bertz CT molecular complexity index is 1110. The standard InChI is InChI=1S/C22H21N5O5/c1-3-18(28)24-15-10-8-14(9-11-15)19(29)26-23-12-16-20(30)25-22(32)27(21(16)31)17-7-5-4-6-13(17)2/h4-12,16H,3H2,1-2H3,(H,24,28)(H,26,29)(H,25,30,32)/b23-12-/t16-/m1/s1. The van der Waals surface area contributed by atoms with Gasteiger partial charge in [0.15, 0.2) is 5.92 Å². The van der Waals surface area contributed by atoms with Gasteiger partial charge >= 0.3 is 6.03 Å². The number of nitrogens with one attached hydrogen (secondary N) is 3. The Morgan fingerprint density at radius 3 is 2.44 bits per heavy atom. The van der Waals surface area contributed by atoms with Crippen LogP contribution in [0.15, 0.2) is 53.6 Å². The van der Waals surface area contributed by atoms with Gasteiger partial charge in [-0.1, -0.05) is 25.1 Å². The summed E-state index contributed by atoms with van der Waals surface area (Å²) in [6, 6.07) is 12.0. The van der Waals surface area contributed by atoms with E-state index in [1.54, 1.807) is 50.2 Å². The summed E-state index contributed by atoms with van der Waals surface area (Å²) in [5.74, 6) is -3.73. The number of amides is 6. The van der Waals surface area contributed by atoms with E-state index >= 15 is 0 Å². The minimum Gasteiger partial charge on any atom is -0.326 e. The van der Waals surface area contributed by atoms with E-state index in [-0.39, 0.29) is 11.5 Å². The molecule has 0 radical (unpaired) electrons. The number of imide groups is 2. The maximum atomic E-state index is 12.8. The largest absolute Gasteiger partial charge is 0.335 e. The van der Waals surface area contributed by atoms with Gasteiger partial charge in [-0.05, 0) is 42.8 Å². The van der Waals surface area contributed by atoms with Gasteiger partial charge in [-0.3, -0.25) is 24.5 Å². The summed E-state index contributed by atoms with van der Waals surface area (Å²) in [6.07, 6.45) is 1.31. The lowest BCUT2D eigenvalue weighted by Crippen LogP contribution is -2.59. The second kappa shape index (κ2) is 9.65. The first kappa shape index (κ1) is 22.3. The number of barbiturate groups is 1. The van der Waals surface area contributed by atoms with Crippen LogP contribution in [0.25, 0.3) is 0 Å². The molecule has 0 aliphatic carbocycles. The van der Waals surface area contributed by atoms with Crippen LogP contribution < -0.4 is 21.0 Å². The van der Waals surface area contributed by atoms with Gasteiger partial charge in [0, 0.05) is 23.9 Å². The zero-order chi connectivity index (χ0) is 23.3. The smallest absolute Gasteiger partial charge is 0.326 e. The van der Waals surface area contributed by atoms with E-state index in [1.807, 2.05) is 0 Å². The predicted octanol–water partition coefficient (Wildman–Crippen LogP) is 1.96. The number of aryl methyl sites for hydroxylation is 1. The summed E-state index contributed by atoms with van der Waals surface area (Å²) in [7, 11) is 0. The molecule has 10 heteroatoms. The van der Waals surface area contributed by atoms with Crippen LogP contribution in [-0.2, 0) is 14.4 Å². The number of benzene rings is 2. The molecular weight excluding hydrogens is 414 g/mol. The van der Waals surface area contributed by atoms with E-state index in [0.717, 1.165) is 11.1 Å². The summed E-state index contributed by atoms with van der Waals surface area (Å²) in [5.41, 5.74) is 4.07. The first-order valence-corrected chi connectivity index (χ1v) is 9.79. The predicted molar refractivity (Wildman–Crippen MR) is 117 cm³/mol. The first-order chi connectivity index (χ1) is 15.3. The van der Waals surface area contributed by atoms with E-state index in [9.17, 15) is 24.0 Å². The average Bonchev–Trinajstić information content (AvgIpc) is 2.77. The number of carbonyl (C=O) groups is 5. The first-order valence-electron chi connectivity index (χ1n) is 9.79. The van der Waals surface area contributed by atoms with Gasteiger partial charge in [-0.25, -0.2) is 15.1 Å². The lowest BCUT2D eigenvalue weighted by Gasteiger charge is -2.29. The quantitative estimate of drug-likeness (QED) is 0.362. The molecule has 10 nitrogen and oxygen atoms in total. The number of anilines is 2. The molecule has 0 spiro atoms. The Morgan fingerprint density at radius 1 is 1.09 bits per heavy atom. The minimum absolute atomic E-state index is 0.152. The maximum Gasteiger partial charge on any atom is 0.335 e. The molecule has 2 aromatic carbocycles. The van der Waals surface area contributed by atoms with Crippen molar-refractivity contribution in [2.24, 2.45) is 11.0 Å². The van der Waals surface area contributed by atoms with E-state index < -0.39 is 29.7 Å².